The Morgan fingerprint density at radius 1 is 1.23 bits per heavy atom. The molecule has 0 bridgehead atoms. The Bertz CT molecular complexity index is 918. The largest absolute Gasteiger partial charge is 0.478 e. The van der Waals surface area contributed by atoms with Crippen LogP contribution in [0.5, 0.6) is 0 Å². The van der Waals surface area contributed by atoms with Crippen molar-refractivity contribution >= 4 is 12.7 Å². The first-order chi connectivity index (χ1) is 15.0. The lowest BCUT2D eigenvalue weighted by molar-refractivity contribution is -0.132. The molecule has 1 aromatic heterocycles. The van der Waals surface area contributed by atoms with Crippen LogP contribution in [0.4, 0.5) is 0 Å². The third-order valence-corrected chi connectivity index (χ3v) is 6.43. The van der Waals surface area contributed by atoms with Crippen LogP contribution in [-0.4, -0.2) is 34.1 Å². The Hall–Kier alpha value is -2.89. The van der Waals surface area contributed by atoms with Gasteiger partial charge in [-0.15, -0.1) is 0 Å². The van der Waals surface area contributed by atoms with Crippen molar-refractivity contribution in [1.82, 2.24) is 10.2 Å². The van der Waals surface area contributed by atoms with E-state index in [1.54, 1.807) is 0 Å². The number of carboxylic acid groups (broad SMARTS) is 1. The van der Waals surface area contributed by atoms with E-state index in [2.05, 4.69) is 66.1 Å². The van der Waals surface area contributed by atoms with E-state index in [1.807, 2.05) is 0 Å². The standard InChI is InChI=1S/C25H33N3O3/c1-5-17(6-2)22-15-23(28-27-22)20-9-7-18(8-10-20)19-11-13-21(14-12-19)31-24(26-4)16(3)25(29)30/h7-10,15,17,19,21H,4-6,11-14H2,1-3H3,(H,27,28)(H,29,30)/b24-16-/t19-,21-. The van der Waals surface area contributed by atoms with Gasteiger partial charge in [0.25, 0.3) is 0 Å². The van der Waals surface area contributed by atoms with Crippen LogP contribution >= 0.6 is 0 Å². The Morgan fingerprint density at radius 3 is 2.42 bits per heavy atom. The molecule has 0 atom stereocenters. The number of aromatic amines is 1. The number of nitrogens with zero attached hydrogens (tertiary/aromatic N) is 2. The Labute approximate surface area is 184 Å². The van der Waals surface area contributed by atoms with Crippen LogP contribution in [0.15, 0.2) is 46.8 Å². The van der Waals surface area contributed by atoms with Crippen molar-refractivity contribution in [3.05, 3.63) is 53.0 Å². The van der Waals surface area contributed by atoms with Gasteiger partial charge in [0.2, 0.25) is 5.88 Å². The Balaban J connectivity index is 1.60. The molecule has 1 heterocycles. The van der Waals surface area contributed by atoms with Gasteiger partial charge in [-0.05, 0) is 75.3 Å². The summed E-state index contributed by atoms with van der Waals surface area (Å²) in [5.74, 6) is 0.0983. The lowest BCUT2D eigenvalue weighted by Crippen LogP contribution is -2.21. The lowest BCUT2D eigenvalue weighted by atomic mass is 9.82. The molecule has 0 radical (unpaired) electrons. The summed E-state index contributed by atoms with van der Waals surface area (Å²) in [6.45, 7) is 9.34. The molecular formula is C25H33N3O3. The molecule has 2 N–H and O–H groups in total. The second kappa shape index (κ2) is 10.4. The quantitative estimate of drug-likeness (QED) is 0.292. The van der Waals surface area contributed by atoms with Crippen molar-refractivity contribution in [2.75, 3.05) is 0 Å². The number of hydrogen-bond acceptors (Lipinski definition) is 4. The fourth-order valence-electron chi connectivity index (χ4n) is 4.34. The van der Waals surface area contributed by atoms with E-state index in [-0.39, 0.29) is 17.6 Å². The Morgan fingerprint density at radius 2 is 1.87 bits per heavy atom. The number of hydrogen-bond donors (Lipinski definition) is 2. The van der Waals surface area contributed by atoms with Gasteiger partial charge < -0.3 is 9.84 Å². The zero-order valence-corrected chi connectivity index (χ0v) is 18.7. The maximum absolute atomic E-state index is 11.1. The van der Waals surface area contributed by atoms with Crippen LogP contribution in [-0.2, 0) is 9.53 Å². The number of ether oxygens (including phenoxy) is 1. The normalized spacial score (nSPS) is 19.7. The topological polar surface area (TPSA) is 87.6 Å². The number of rotatable bonds is 9. The molecule has 0 amide bonds. The summed E-state index contributed by atoms with van der Waals surface area (Å²) in [4.78, 5) is 14.9. The third kappa shape index (κ3) is 5.43. The molecule has 1 aromatic carbocycles. The first-order valence-corrected chi connectivity index (χ1v) is 11.2. The number of benzene rings is 1. The highest BCUT2D eigenvalue weighted by atomic mass is 16.5. The number of aliphatic carboxylic acids is 1. The van der Waals surface area contributed by atoms with Crippen molar-refractivity contribution in [2.45, 2.75) is 77.2 Å². The van der Waals surface area contributed by atoms with Crippen LogP contribution < -0.4 is 0 Å². The highest BCUT2D eigenvalue weighted by molar-refractivity contribution is 5.86. The summed E-state index contributed by atoms with van der Waals surface area (Å²) in [5, 5.41) is 16.8. The first-order valence-electron chi connectivity index (χ1n) is 11.2. The molecule has 0 aliphatic heterocycles. The van der Waals surface area contributed by atoms with E-state index in [4.69, 9.17) is 9.84 Å². The van der Waals surface area contributed by atoms with Gasteiger partial charge in [0.05, 0.1) is 17.0 Å². The van der Waals surface area contributed by atoms with Gasteiger partial charge in [0.1, 0.15) is 6.10 Å². The summed E-state index contributed by atoms with van der Waals surface area (Å²) in [5.41, 5.74) is 4.79. The van der Waals surface area contributed by atoms with Gasteiger partial charge in [-0.3, -0.25) is 5.10 Å². The van der Waals surface area contributed by atoms with Crippen molar-refractivity contribution in [1.29, 1.82) is 0 Å². The summed E-state index contributed by atoms with van der Waals surface area (Å²) >= 11 is 0. The number of carboxylic acids is 1. The lowest BCUT2D eigenvalue weighted by Gasteiger charge is -2.29. The molecule has 1 fully saturated rings. The predicted octanol–water partition coefficient (Wildman–Crippen LogP) is 6.04. The van der Waals surface area contributed by atoms with Crippen molar-refractivity contribution in [3.63, 3.8) is 0 Å². The van der Waals surface area contributed by atoms with Crippen LogP contribution in [0.25, 0.3) is 11.3 Å². The monoisotopic (exact) mass is 423 g/mol. The summed E-state index contributed by atoms with van der Waals surface area (Å²) < 4.78 is 5.82. The minimum atomic E-state index is -1.03. The van der Waals surface area contributed by atoms with E-state index in [1.165, 1.54) is 12.5 Å². The van der Waals surface area contributed by atoms with E-state index in [0.29, 0.717) is 11.8 Å². The molecule has 0 saturated heterocycles. The maximum Gasteiger partial charge on any atom is 0.336 e. The molecule has 6 heteroatoms. The minimum absolute atomic E-state index is 0.0150. The van der Waals surface area contributed by atoms with E-state index >= 15 is 0 Å². The van der Waals surface area contributed by atoms with Crippen LogP contribution in [0.3, 0.4) is 0 Å². The molecular weight excluding hydrogens is 390 g/mol. The summed E-state index contributed by atoms with van der Waals surface area (Å²) in [6.07, 6.45) is 5.94. The summed E-state index contributed by atoms with van der Waals surface area (Å²) in [7, 11) is 0. The van der Waals surface area contributed by atoms with Crippen LogP contribution in [0.1, 0.15) is 82.4 Å². The molecule has 166 valence electrons. The van der Waals surface area contributed by atoms with Crippen LogP contribution in [0.2, 0.25) is 0 Å². The van der Waals surface area contributed by atoms with E-state index < -0.39 is 5.97 Å². The predicted molar refractivity (Wildman–Crippen MR) is 123 cm³/mol. The minimum Gasteiger partial charge on any atom is -0.478 e. The van der Waals surface area contributed by atoms with E-state index in [0.717, 1.165) is 55.5 Å². The number of carbonyl (C=O) groups is 1. The molecule has 0 spiro atoms. The SMILES string of the molecule is C=N/C(O[C@H]1CC[C@H](c2ccc(-c3cc(C(CC)CC)n[nH]3)cc2)CC1)=C(\C)C(=O)O. The fourth-order valence-corrected chi connectivity index (χ4v) is 4.34. The van der Waals surface area contributed by atoms with Gasteiger partial charge in [0, 0.05) is 5.92 Å². The second-order valence-corrected chi connectivity index (χ2v) is 8.33. The molecule has 1 aliphatic rings. The molecule has 6 nitrogen and oxygen atoms in total. The zero-order valence-electron chi connectivity index (χ0n) is 18.7. The van der Waals surface area contributed by atoms with Gasteiger partial charge in [-0.25, -0.2) is 9.79 Å². The number of nitrogens with one attached hydrogen (secondary N) is 1. The number of aliphatic imine (C=N–C) groups is 1. The zero-order chi connectivity index (χ0) is 22.4. The van der Waals surface area contributed by atoms with Gasteiger partial charge in [-0.2, -0.15) is 5.10 Å². The molecule has 1 aliphatic carbocycles. The average Bonchev–Trinajstić information content (AvgIpc) is 3.28. The fraction of sp³-hybridized carbons (Fsp3) is 0.480. The van der Waals surface area contributed by atoms with Crippen molar-refractivity contribution in [2.24, 2.45) is 4.99 Å². The van der Waals surface area contributed by atoms with Crippen LogP contribution in [0, 0.1) is 0 Å². The van der Waals surface area contributed by atoms with Gasteiger partial charge in [0.15, 0.2) is 0 Å². The first kappa shape index (κ1) is 22.8. The van der Waals surface area contributed by atoms with Crippen molar-refractivity contribution < 1.29 is 14.6 Å². The molecule has 31 heavy (non-hydrogen) atoms. The van der Waals surface area contributed by atoms with Crippen molar-refractivity contribution in [3.8, 4) is 11.3 Å². The smallest absolute Gasteiger partial charge is 0.336 e. The molecule has 3 rings (SSSR count). The molecule has 1 saturated carbocycles. The third-order valence-electron chi connectivity index (χ3n) is 6.43. The second-order valence-electron chi connectivity index (χ2n) is 8.33. The molecule has 0 unspecified atom stereocenters. The molecule has 2 aromatic rings. The van der Waals surface area contributed by atoms with Gasteiger partial charge in [-0.1, -0.05) is 38.1 Å². The maximum atomic E-state index is 11.1. The highest BCUT2D eigenvalue weighted by Gasteiger charge is 2.25. The summed E-state index contributed by atoms with van der Waals surface area (Å²) in [6, 6.07) is 10.9. The number of H-pyrrole nitrogens is 1. The van der Waals surface area contributed by atoms with Gasteiger partial charge >= 0.3 is 5.97 Å². The average molecular weight is 424 g/mol. The highest BCUT2D eigenvalue weighted by Crippen LogP contribution is 2.36. The Kier molecular flexibility index (Phi) is 7.66. The number of aromatic nitrogens is 2. The van der Waals surface area contributed by atoms with E-state index in [9.17, 15) is 4.79 Å².